The molecule has 0 aliphatic carbocycles. The molecule has 0 aliphatic rings. The van der Waals surface area contributed by atoms with E-state index >= 15 is 0 Å². The lowest BCUT2D eigenvalue weighted by atomic mass is 10.1. The summed E-state index contributed by atoms with van der Waals surface area (Å²) in [6, 6.07) is 10.6. The predicted molar refractivity (Wildman–Crippen MR) is 102 cm³/mol. The van der Waals surface area contributed by atoms with Crippen LogP contribution in [0.15, 0.2) is 47.4 Å². The van der Waals surface area contributed by atoms with Crippen molar-refractivity contribution >= 4 is 27.6 Å². The van der Waals surface area contributed by atoms with Crippen LogP contribution in [0, 0.1) is 13.8 Å². The summed E-state index contributed by atoms with van der Waals surface area (Å²) in [4.78, 5) is 23.4. The Hall–Kier alpha value is -2.87. The maximum absolute atomic E-state index is 12.5. The fraction of sp³-hybridized carbons (Fsp3) is 0.263. The number of benzene rings is 2. The first-order chi connectivity index (χ1) is 12.4. The van der Waals surface area contributed by atoms with Gasteiger partial charge in [-0.3, -0.25) is 9.52 Å². The Kier molecular flexibility index (Phi) is 5.60. The summed E-state index contributed by atoms with van der Waals surface area (Å²) >= 11 is 0. The third-order valence-electron chi connectivity index (χ3n) is 4.15. The highest BCUT2D eigenvalue weighted by Crippen LogP contribution is 2.19. The molecule has 0 saturated carbocycles. The molecule has 3 N–H and O–H groups in total. The number of carbonyl (C=O) groups is 2. The highest BCUT2D eigenvalue weighted by atomic mass is 32.2. The number of nitrogens with one attached hydrogen (secondary N) is 2. The molecule has 2 aromatic rings. The lowest BCUT2D eigenvalue weighted by Gasteiger charge is -2.21. The van der Waals surface area contributed by atoms with E-state index in [4.69, 9.17) is 5.11 Å². The van der Waals surface area contributed by atoms with E-state index in [9.17, 15) is 18.0 Å². The van der Waals surface area contributed by atoms with Crippen LogP contribution in [0.3, 0.4) is 0 Å². The van der Waals surface area contributed by atoms with Crippen LogP contribution in [-0.4, -0.2) is 30.9 Å². The average Bonchev–Trinajstić information content (AvgIpc) is 2.57. The second kappa shape index (κ2) is 7.40. The molecule has 0 spiro atoms. The Bertz CT molecular complexity index is 980. The van der Waals surface area contributed by atoms with Crippen LogP contribution in [0.25, 0.3) is 0 Å². The number of carboxylic acid groups (broad SMARTS) is 1. The monoisotopic (exact) mass is 390 g/mol. The number of sulfonamides is 1. The molecular weight excluding hydrogens is 368 g/mol. The Morgan fingerprint density at radius 3 is 2.07 bits per heavy atom. The van der Waals surface area contributed by atoms with Gasteiger partial charge in [-0.1, -0.05) is 6.07 Å². The Labute approximate surface area is 158 Å². The number of carbonyl (C=O) groups excluding carboxylic acids is 1. The van der Waals surface area contributed by atoms with Crippen LogP contribution in [0.5, 0.6) is 0 Å². The molecule has 0 aliphatic heterocycles. The van der Waals surface area contributed by atoms with Gasteiger partial charge in [-0.15, -0.1) is 0 Å². The molecule has 2 rings (SSSR count). The summed E-state index contributed by atoms with van der Waals surface area (Å²) in [5.41, 5.74) is 0.959. The number of aliphatic carboxylic acids is 1. The van der Waals surface area contributed by atoms with Crippen molar-refractivity contribution in [1.29, 1.82) is 0 Å². The van der Waals surface area contributed by atoms with Crippen molar-refractivity contribution < 1.29 is 23.1 Å². The summed E-state index contributed by atoms with van der Waals surface area (Å²) in [7, 11) is -3.75. The second-order valence-corrected chi connectivity index (χ2v) is 8.50. The smallest absolute Gasteiger partial charge is 0.328 e. The van der Waals surface area contributed by atoms with Gasteiger partial charge in [0.25, 0.3) is 15.9 Å². The second-order valence-electron chi connectivity index (χ2n) is 6.81. The molecule has 8 heteroatoms. The number of hydrogen-bond donors (Lipinski definition) is 3. The molecule has 0 aromatic heterocycles. The summed E-state index contributed by atoms with van der Waals surface area (Å²) in [5.74, 6) is -1.72. The highest BCUT2D eigenvalue weighted by molar-refractivity contribution is 7.92. The Morgan fingerprint density at radius 1 is 0.963 bits per heavy atom. The van der Waals surface area contributed by atoms with Crippen LogP contribution in [0.2, 0.25) is 0 Å². The lowest BCUT2D eigenvalue weighted by Crippen LogP contribution is -2.49. The zero-order chi connectivity index (χ0) is 20.4. The van der Waals surface area contributed by atoms with Crippen LogP contribution in [0.1, 0.15) is 35.3 Å². The summed E-state index contributed by atoms with van der Waals surface area (Å²) in [6.07, 6.45) is 0. The molecule has 0 unspecified atom stereocenters. The Morgan fingerprint density at radius 2 is 1.56 bits per heavy atom. The van der Waals surface area contributed by atoms with E-state index in [1.807, 2.05) is 13.8 Å². The number of carboxylic acids is 1. The SMILES string of the molecule is Cc1ccc(S(=O)(=O)Nc2ccc(C(=O)NC(C)(C)C(=O)O)cc2)cc1C. The minimum Gasteiger partial charge on any atom is -0.480 e. The lowest BCUT2D eigenvalue weighted by molar-refractivity contribution is -0.143. The quantitative estimate of drug-likeness (QED) is 0.702. The summed E-state index contributed by atoms with van der Waals surface area (Å²) < 4.78 is 27.4. The molecule has 2 aromatic carbocycles. The zero-order valence-electron chi connectivity index (χ0n) is 15.5. The number of amides is 1. The van der Waals surface area contributed by atoms with Crippen molar-refractivity contribution in [2.75, 3.05) is 4.72 Å². The minimum absolute atomic E-state index is 0.149. The van der Waals surface area contributed by atoms with E-state index in [2.05, 4.69) is 10.0 Å². The molecular formula is C19H22N2O5S. The molecule has 0 heterocycles. The fourth-order valence-corrected chi connectivity index (χ4v) is 3.34. The van der Waals surface area contributed by atoms with Crippen molar-refractivity contribution in [2.24, 2.45) is 0 Å². The molecule has 27 heavy (non-hydrogen) atoms. The predicted octanol–water partition coefficient (Wildman–Crippen LogP) is 2.70. The van der Waals surface area contributed by atoms with Crippen LogP contribution in [-0.2, 0) is 14.8 Å². The van der Waals surface area contributed by atoms with Gasteiger partial charge in [0.1, 0.15) is 5.54 Å². The number of rotatable bonds is 6. The maximum Gasteiger partial charge on any atom is 0.328 e. The average molecular weight is 390 g/mol. The van der Waals surface area contributed by atoms with Gasteiger partial charge in [0, 0.05) is 11.3 Å². The largest absolute Gasteiger partial charge is 0.480 e. The van der Waals surface area contributed by atoms with Gasteiger partial charge in [-0.25, -0.2) is 13.2 Å². The standard InChI is InChI=1S/C19H22N2O5S/c1-12-5-10-16(11-13(12)2)27(25,26)21-15-8-6-14(7-9-15)17(22)20-19(3,4)18(23)24/h5-11,21H,1-4H3,(H,20,22)(H,23,24). The Balaban J connectivity index is 2.16. The van der Waals surface area contributed by atoms with E-state index in [1.54, 1.807) is 12.1 Å². The van der Waals surface area contributed by atoms with Crippen molar-refractivity contribution in [3.05, 3.63) is 59.2 Å². The molecule has 0 atom stereocenters. The summed E-state index contributed by atoms with van der Waals surface area (Å²) in [6.45, 7) is 6.48. The molecule has 0 fully saturated rings. The van der Waals surface area contributed by atoms with Crippen LogP contribution in [0.4, 0.5) is 5.69 Å². The van der Waals surface area contributed by atoms with E-state index in [0.717, 1.165) is 11.1 Å². The molecule has 0 radical (unpaired) electrons. The van der Waals surface area contributed by atoms with E-state index in [0.29, 0.717) is 5.69 Å². The highest BCUT2D eigenvalue weighted by Gasteiger charge is 2.29. The van der Waals surface area contributed by atoms with Crippen molar-refractivity contribution in [2.45, 2.75) is 38.1 Å². The minimum atomic E-state index is -3.75. The van der Waals surface area contributed by atoms with Gasteiger partial charge in [0.05, 0.1) is 4.90 Å². The first-order valence-corrected chi connectivity index (χ1v) is 9.67. The molecule has 7 nitrogen and oxygen atoms in total. The van der Waals surface area contributed by atoms with E-state index < -0.39 is 27.4 Å². The molecule has 1 amide bonds. The van der Waals surface area contributed by atoms with Crippen molar-refractivity contribution in [3.63, 3.8) is 0 Å². The fourth-order valence-electron chi connectivity index (χ4n) is 2.19. The first-order valence-electron chi connectivity index (χ1n) is 8.18. The number of anilines is 1. The maximum atomic E-state index is 12.5. The third kappa shape index (κ3) is 4.85. The van der Waals surface area contributed by atoms with Gasteiger partial charge in [0.15, 0.2) is 0 Å². The third-order valence-corrected chi connectivity index (χ3v) is 5.53. The van der Waals surface area contributed by atoms with E-state index in [1.165, 1.54) is 44.2 Å². The molecule has 0 saturated heterocycles. The normalized spacial score (nSPS) is 11.7. The van der Waals surface area contributed by atoms with E-state index in [-0.39, 0.29) is 10.5 Å². The van der Waals surface area contributed by atoms with Crippen molar-refractivity contribution in [3.8, 4) is 0 Å². The number of hydrogen-bond acceptors (Lipinski definition) is 4. The van der Waals surface area contributed by atoms with Gasteiger partial charge < -0.3 is 10.4 Å². The number of aryl methyl sites for hydroxylation is 2. The first kappa shape index (κ1) is 20.4. The molecule has 144 valence electrons. The van der Waals surface area contributed by atoms with Crippen molar-refractivity contribution in [1.82, 2.24) is 5.32 Å². The van der Waals surface area contributed by atoms with Crippen LogP contribution >= 0.6 is 0 Å². The topological polar surface area (TPSA) is 113 Å². The van der Waals surface area contributed by atoms with Crippen LogP contribution < -0.4 is 10.0 Å². The zero-order valence-corrected chi connectivity index (χ0v) is 16.3. The summed E-state index contributed by atoms with van der Waals surface area (Å²) in [5, 5.41) is 11.5. The van der Waals surface area contributed by atoms with Gasteiger partial charge in [-0.2, -0.15) is 0 Å². The van der Waals surface area contributed by atoms with Gasteiger partial charge in [0.2, 0.25) is 0 Å². The van der Waals surface area contributed by atoms with Gasteiger partial charge in [-0.05, 0) is 75.2 Å². The van der Waals surface area contributed by atoms with Gasteiger partial charge >= 0.3 is 5.97 Å². The molecule has 0 bridgehead atoms.